The van der Waals surface area contributed by atoms with Crippen molar-refractivity contribution in [2.45, 2.75) is 6.10 Å². The van der Waals surface area contributed by atoms with E-state index in [-0.39, 0.29) is 0 Å². The van der Waals surface area contributed by atoms with Crippen LogP contribution in [0.3, 0.4) is 0 Å². The zero-order valence-electron chi connectivity index (χ0n) is 9.01. The van der Waals surface area contributed by atoms with Gasteiger partial charge in [-0.3, -0.25) is 9.59 Å². The standard InChI is InChI=1S/C11H12O5/c1-14-10-4-3-8(5-11(10)15-2)16-9(6-12)7-13/h3-7,9H,1-2H3. The third-order valence-corrected chi connectivity index (χ3v) is 1.90. The van der Waals surface area contributed by atoms with E-state index in [1.54, 1.807) is 18.2 Å². The van der Waals surface area contributed by atoms with Crippen LogP contribution in [0.1, 0.15) is 0 Å². The molecule has 5 nitrogen and oxygen atoms in total. The molecule has 0 N–H and O–H groups in total. The lowest BCUT2D eigenvalue weighted by atomic mass is 10.3. The van der Waals surface area contributed by atoms with Gasteiger partial charge in [-0.2, -0.15) is 0 Å². The third kappa shape index (κ3) is 2.73. The number of carbonyl (C=O) groups is 2. The van der Waals surface area contributed by atoms with Gasteiger partial charge in [0.1, 0.15) is 5.75 Å². The van der Waals surface area contributed by atoms with Gasteiger partial charge in [-0.15, -0.1) is 0 Å². The zero-order chi connectivity index (χ0) is 12.0. The minimum Gasteiger partial charge on any atom is -0.493 e. The molecule has 16 heavy (non-hydrogen) atoms. The molecule has 0 saturated heterocycles. The molecule has 0 aliphatic rings. The van der Waals surface area contributed by atoms with Gasteiger partial charge in [0, 0.05) is 6.07 Å². The smallest absolute Gasteiger partial charge is 0.208 e. The SMILES string of the molecule is COc1ccc(OC(C=O)C=O)cc1OC. The van der Waals surface area contributed by atoms with E-state index in [2.05, 4.69) is 0 Å². The van der Waals surface area contributed by atoms with Crippen LogP contribution in [-0.4, -0.2) is 32.9 Å². The van der Waals surface area contributed by atoms with Crippen LogP contribution in [0.15, 0.2) is 18.2 Å². The van der Waals surface area contributed by atoms with Crippen LogP contribution in [0.5, 0.6) is 17.2 Å². The van der Waals surface area contributed by atoms with Crippen LogP contribution < -0.4 is 14.2 Å². The maximum atomic E-state index is 10.4. The second-order valence-corrected chi connectivity index (χ2v) is 2.87. The molecule has 5 heteroatoms. The maximum Gasteiger partial charge on any atom is 0.208 e. The summed E-state index contributed by atoms with van der Waals surface area (Å²) < 4.78 is 15.2. The summed E-state index contributed by atoms with van der Waals surface area (Å²) in [6.45, 7) is 0. The fourth-order valence-electron chi connectivity index (χ4n) is 1.13. The Morgan fingerprint density at radius 1 is 1.06 bits per heavy atom. The highest BCUT2D eigenvalue weighted by Crippen LogP contribution is 2.30. The van der Waals surface area contributed by atoms with Crippen molar-refractivity contribution in [3.63, 3.8) is 0 Å². The Hall–Kier alpha value is -2.04. The molecule has 0 saturated carbocycles. The molecule has 1 rings (SSSR count). The molecular weight excluding hydrogens is 212 g/mol. The van der Waals surface area contributed by atoms with Crippen molar-refractivity contribution in [2.24, 2.45) is 0 Å². The number of aldehydes is 2. The van der Waals surface area contributed by atoms with Gasteiger partial charge in [0.25, 0.3) is 0 Å². The first-order valence-electron chi connectivity index (χ1n) is 4.54. The molecule has 0 heterocycles. The summed E-state index contributed by atoms with van der Waals surface area (Å²) in [5.74, 6) is 1.38. The van der Waals surface area contributed by atoms with Crippen LogP contribution in [-0.2, 0) is 9.59 Å². The van der Waals surface area contributed by atoms with E-state index in [1.807, 2.05) is 0 Å². The molecule has 0 aromatic heterocycles. The highest BCUT2D eigenvalue weighted by molar-refractivity contribution is 5.81. The Labute approximate surface area is 92.9 Å². The molecule has 0 spiro atoms. The Kier molecular flexibility index (Phi) is 4.32. The molecule has 0 fully saturated rings. The highest BCUT2D eigenvalue weighted by atomic mass is 16.5. The summed E-state index contributed by atoms with van der Waals surface area (Å²) >= 11 is 0. The predicted molar refractivity (Wildman–Crippen MR) is 56.1 cm³/mol. The lowest BCUT2D eigenvalue weighted by Gasteiger charge is -2.11. The van der Waals surface area contributed by atoms with E-state index in [4.69, 9.17) is 14.2 Å². The van der Waals surface area contributed by atoms with Crippen molar-refractivity contribution in [1.82, 2.24) is 0 Å². The van der Waals surface area contributed by atoms with Crippen molar-refractivity contribution >= 4 is 12.6 Å². The normalized spacial score (nSPS) is 9.69. The van der Waals surface area contributed by atoms with Crippen LogP contribution >= 0.6 is 0 Å². The second kappa shape index (κ2) is 5.75. The molecule has 0 amide bonds. The van der Waals surface area contributed by atoms with E-state index < -0.39 is 6.10 Å². The highest BCUT2D eigenvalue weighted by Gasteiger charge is 2.10. The molecule has 0 radical (unpaired) electrons. The number of ether oxygens (including phenoxy) is 3. The first kappa shape index (κ1) is 12.0. The quantitative estimate of drug-likeness (QED) is 0.529. The lowest BCUT2D eigenvalue weighted by molar-refractivity contribution is -0.122. The zero-order valence-corrected chi connectivity index (χ0v) is 9.01. The summed E-state index contributed by atoms with van der Waals surface area (Å²) in [4.78, 5) is 20.8. The van der Waals surface area contributed by atoms with Gasteiger partial charge in [-0.05, 0) is 12.1 Å². The van der Waals surface area contributed by atoms with Crippen molar-refractivity contribution in [2.75, 3.05) is 14.2 Å². The number of methoxy groups -OCH3 is 2. The van der Waals surface area contributed by atoms with Crippen LogP contribution in [0.4, 0.5) is 0 Å². The Morgan fingerprint density at radius 2 is 1.69 bits per heavy atom. The van der Waals surface area contributed by atoms with Crippen LogP contribution in [0.2, 0.25) is 0 Å². The molecule has 86 valence electrons. The van der Waals surface area contributed by atoms with E-state index in [0.717, 1.165) is 0 Å². The monoisotopic (exact) mass is 224 g/mol. The van der Waals surface area contributed by atoms with Crippen LogP contribution in [0, 0.1) is 0 Å². The largest absolute Gasteiger partial charge is 0.493 e. The molecule has 0 aliphatic heterocycles. The summed E-state index contributed by atoms with van der Waals surface area (Å²) in [6.07, 6.45) is -0.258. The molecular formula is C11H12O5. The summed E-state index contributed by atoms with van der Waals surface area (Å²) in [7, 11) is 3.00. The topological polar surface area (TPSA) is 61.8 Å². The minimum absolute atomic E-state index is 0.363. The lowest BCUT2D eigenvalue weighted by Crippen LogP contribution is -2.19. The van der Waals surface area contributed by atoms with Crippen molar-refractivity contribution < 1.29 is 23.8 Å². The fourth-order valence-corrected chi connectivity index (χ4v) is 1.13. The number of carbonyl (C=O) groups excluding carboxylic acids is 2. The predicted octanol–water partition coefficient (Wildman–Crippen LogP) is 0.849. The number of benzene rings is 1. The summed E-state index contributed by atoms with van der Waals surface area (Å²) in [5, 5.41) is 0. The van der Waals surface area contributed by atoms with Gasteiger partial charge >= 0.3 is 0 Å². The van der Waals surface area contributed by atoms with E-state index in [1.165, 1.54) is 14.2 Å². The van der Waals surface area contributed by atoms with Crippen molar-refractivity contribution in [3.8, 4) is 17.2 Å². The average Bonchev–Trinajstić information content (AvgIpc) is 2.35. The van der Waals surface area contributed by atoms with E-state index >= 15 is 0 Å². The molecule has 0 unspecified atom stereocenters. The van der Waals surface area contributed by atoms with E-state index in [9.17, 15) is 9.59 Å². The number of hydrogen-bond acceptors (Lipinski definition) is 5. The van der Waals surface area contributed by atoms with Gasteiger partial charge in [-0.1, -0.05) is 0 Å². The van der Waals surface area contributed by atoms with Crippen molar-refractivity contribution in [3.05, 3.63) is 18.2 Å². The third-order valence-electron chi connectivity index (χ3n) is 1.90. The van der Waals surface area contributed by atoms with Crippen LogP contribution in [0.25, 0.3) is 0 Å². The first-order valence-corrected chi connectivity index (χ1v) is 4.54. The molecule has 0 atom stereocenters. The Bertz CT molecular complexity index is 367. The Balaban J connectivity index is 2.90. The fraction of sp³-hybridized carbons (Fsp3) is 0.273. The minimum atomic E-state index is -1.10. The molecule has 1 aromatic rings. The first-order chi connectivity index (χ1) is 7.74. The van der Waals surface area contributed by atoms with Gasteiger partial charge in [-0.25, -0.2) is 0 Å². The average molecular weight is 224 g/mol. The van der Waals surface area contributed by atoms with Gasteiger partial charge in [0.05, 0.1) is 14.2 Å². The second-order valence-electron chi connectivity index (χ2n) is 2.87. The summed E-state index contributed by atoms with van der Waals surface area (Å²) in [5.41, 5.74) is 0. The number of hydrogen-bond donors (Lipinski definition) is 0. The molecule has 1 aromatic carbocycles. The van der Waals surface area contributed by atoms with E-state index in [0.29, 0.717) is 29.8 Å². The summed E-state index contributed by atoms with van der Waals surface area (Å²) in [6, 6.07) is 4.75. The molecule has 0 bridgehead atoms. The maximum absolute atomic E-state index is 10.4. The van der Waals surface area contributed by atoms with Crippen molar-refractivity contribution in [1.29, 1.82) is 0 Å². The van der Waals surface area contributed by atoms with Gasteiger partial charge in [0.2, 0.25) is 6.10 Å². The van der Waals surface area contributed by atoms with Gasteiger partial charge < -0.3 is 14.2 Å². The number of rotatable bonds is 6. The van der Waals surface area contributed by atoms with Gasteiger partial charge in [0.15, 0.2) is 24.1 Å². The molecule has 0 aliphatic carbocycles. The Morgan fingerprint density at radius 3 is 2.19 bits per heavy atom.